The lowest BCUT2D eigenvalue weighted by atomic mass is 9.90. The SMILES string of the molecule is COC(=O)[C@@H](Cc1cnc[nH]1)NC(=O)c1cc2c(s1)CC[C@H](C)C2. The van der Waals surface area contributed by atoms with Crippen LogP contribution in [0.5, 0.6) is 0 Å². The molecule has 24 heavy (non-hydrogen) atoms. The van der Waals surface area contributed by atoms with Crippen LogP contribution in [0.2, 0.25) is 0 Å². The number of aromatic amines is 1. The Bertz CT molecular complexity index is 724. The molecule has 3 rings (SSSR count). The lowest BCUT2D eigenvalue weighted by Crippen LogP contribution is -2.42. The van der Waals surface area contributed by atoms with Crippen LogP contribution in [0.4, 0.5) is 0 Å². The molecule has 0 saturated carbocycles. The number of fused-ring (bicyclic) bond motifs is 1. The maximum absolute atomic E-state index is 12.6. The van der Waals surface area contributed by atoms with Gasteiger partial charge in [-0.15, -0.1) is 11.3 Å². The summed E-state index contributed by atoms with van der Waals surface area (Å²) >= 11 is 1.53. The van der Waals surface area contributed by atoms with Gasteiger partial charge in [0.05, 0.1) is 18.3 Å². The van der Waals surface area contributed by atoms with Gasteiger partial charge < -0.3 is 15.0 Å². The van der Waals surface area contributed by atoms with Crippen LogP contribution in [0, 0.1) is 5.92 Å². The number of H-pyrrole nitrogens is 1. The monoisotopic (exact) mass is 347 g/mol. The van der Waals surface area contributed by atoms with Gasteiger partial charge in [-0.25, -0.2) is 9.78 Å². The van der Waals surface area contributed by atoms with Gasteiger partial charge in [0.2, 0.25) is 0 Å². The maximum Gasteiger partial charge on any atom is 0.328 e. The zero-order valence-electron chi connectivity index (χ0n) is 13.8. The summed E-state index contributed by atoms with van der Waals surface area (Å²) < 4.78 is 4.81. The summed E-state index contributed by atoms with van der Waals surface area (Å²) in [6.45, 7) is 2.23. The number of aromatic nitrogens is 2. The van der Waals surface area contributed by atoms with E-state index >= 15 is 0 Å². The van der Waals surface area contributed by atoms with Crippen molar-refractivity contribution in [3.8, 4) is 0 Å². The molecular formula is C17H21N3O3S. The third-order valence-electron chi connectivity index (χ3n) is 4.32. The molecule has 0 radical (unpaired) electrons. The summed E-state index contributed by atoms with van der Waals surface area (Å²) in [4.78, 5) is 33.4. The number of imidazole rings is 1. The molecule has 0 aliphatic heterocycles. The maximum atomic E-state index is 12.6. The van der Waals surface area contributed by atoms with E-state index in [0.717, 1.165) is 18.5 Å². The Labute approximate surface area is 144 Å². The van der Waals surface area contributed by atoms with Gasteiger partial charge in [0.15, 0.2) is 0 Å². The second kappa shape index (κ2) is 7.17. The molecule has 1 amide bonds. The van der Waals surface area contributed by atoms with Crippen LogP contribution < -0.4 is 5.32 Å². The zero-order valence-corrected chi connectivity index (χ0v) is 14.6. The molecule has 128 valence electrons. The van der Waals surface area contributed by atoms with E-state index in [2.05, 4.69) is 22.2 Å². The van der Waals surface area contributed by atoms with E-state index in [1.165, 1.54) is 35.3 Å². The normalized spacial score (nSPS) is 17.8. The molecule has 1 aliphatic carbocycles. The Balaban J connectivity index is 1.72. The van der Waals surface area contributed by atoms with Crippen LogP contribution in [0.15, 0.2) is 18.6 Å². The molecule has 0 saturated heterocycles. The van der Waals surface area contributed by atoms with Crippen LogP contribution in [0.25, 0.3) is 0 Å². The van der Waals surface area contributed by atoms with Crippen molar-refractivity contribution in [1.82, 2.24) is 15.3 Å². The number of nitrogens with zero attached hydrogens (tertiary/aromatic N) is 1. The number of aryl methyl sites for hydroxylation is 1. The molecule has 2 N–H and O–H groups in total. The van der Waals surface area contributed by atoms with E-state index in [-0.39, 0.29) is 5.91 Å². The number of rotatable bonds is 5. The Kier molecular flexibility index (Phi) is 4.99. The van der Waals surface area contributed by atoms with Crippen molar-refractivity contribution in [2.75, 3.05) is 7.11 Å². The lowest BCUT2D eigenvalue weighted by Gasteiger charge is -2.16. The molecule has 0 bridgehead atoms. The molecule has 0 fully saturated rings. The standard InChI is InChI=1S/C17H21N3O3S/c1-10-3-4-14-11(5-10)6-15(24-14)16(21)20-13(17(22)23-2)7-12-8-18-9-19-12/h6,8-10,13H,3-5,7H2,1-2H3,(H,18,19)(H,20,21)/t10-,13+/m0/s1. The summed E-state index contributed by atoms with van der Waals surface area (Å²) in [5, 5.41) is 2.79. The first-order chi connectivity index (χ1) is 11.6. The highest BCUT2D eigenvalue weighted by molar-refractivity contribution is 7.14. The van der Waals surface area contributed by atoms with Crippen LogP contribution in [0.3, 0.4) is 0 Å². The highest BCUT2D eigenvalue weighted by atomic mass is 32.1. The molecule has 1 aliphatic rings. The van der Waals surface area contributed by atoms with Crippen LogP contribution >= 0.6 is 11.3 Å². The first kappa shape index (κ1) is 16.7. The molecule has 2 heterocycles. The first-order valence-electron chi connectivity index (χ1n) is 8.04. The molecule has 6 nitrogen and oxygen atoms in total. The molecule has 0 unspecified atom stereocenters. The second-order valence-corrected chi connectivity index (χ2v) is 7.37. The van der Waals surface area contributed by atoms with Gasteiger partial charge in [-0.2, -0.15) is 0 Å². The molecule has 0 spiro atoms. The minimum Gasteiger partial charge on any atom is -0.467 e. The van der Waals surface area contributed by atoms with E-state index in [1.807, 2.05) is 6.07 Å². The summed E-state index contributed by atoms with van der Waals surface area (Å²) in [6, 6.07) is 1.23. The third-order valence-corrected chi connectivity index (χ3v) is 5.56. The number of nitrogens with one attached hydrogen (secondary N) is 2. The van der Waals surface area contributed by atoms with Crippen molar-refractivity contribution >= 4 is 23.2 Å². The lowest BCUT2D eigenvalue weighted by molar-refractivity contribution is -0.142. The van der Waals surface area contributed by atoms with Gasteiger partial charge in [-0.3, -0.25) is 4.79 Å². The fourth-order valence-corrected chi connectivity index (χ4v) is 4.11. The summed E-state index contributed by atoms with van der Waals surface area (Å²) in [5.74, 6) is -0.0314. The third kappa shape index (κ3) is 3.67. The highest BCUT2D eigenvalue weighted by Crippen LogP contribution is 2.32. The van der Waals surface area contributed by atoms with Crippen molar-refractivity contribution < 1.29 is 14.3 Å². The van der Waals surface area contributed by atoms with E-state index in [0.29, 0.717) is 17.2 Å². The fourth-order valence-electron chi connectivity index (χ4n) is 3.00. The molecule has 2 atom stereocenters. The number of thiophene rings is 1. The van der Waals surface area contributed by atoms with Gasteiger partial charge in [-0.1, -0.05) is 6.92 Å². The van der Waals surface area contributed by atoms with Gasteiger partial charge in [0.1, 0.15) is 6.04 Å². The van der Waals surface area contributed by atoms with Crippen molar-refractivity contribution in [2.24, 2.45) is 5.92 Å². The number of hydrogen-bond donors (Lipinski definition) is 2. The van der Waals surface area contributed by atoms with Gasteiger partial charge >= 0.3 is 5.97 Å². The molecule has 2 aromatic heterocycles. The molecule has 0 aromatic carbocycles. The van der Waals surface area contributed by atoms with E-state index in [4.69, 9.17) is 4.74 Å². The van der Waals surface area contributed by atoms with Crippen LogP contribution in [0.1, 0.15) is 39.2 Å². The average molecular weight is 347 g/mol. The van der Waals surface area contributed by atoms with Crippen molar-refractivity contribution in [3.63, 3.8) is 0 Å². The molecule has 2 aromatic rings. The van der Waals surface area contributed by atoms with E-state index < -0.39 is 12.0 Å². The Hall–Kier alpha value is -2.15. The number of hydrogen-bond acceptors (Lipinski definition) is 5. The van der Waals surface area contributed by atoms with Gasteiger partial charge in [0.25, 0.3) is 5.91 Å². The number of ether oxygens (including phenoxy) is 1. The Morgan fingerprint density at radius 2 is 2.38 bits per heavy atom. The average Bonchev–Trinajstić information content (AvgIpc) is 3.22. The highest BCUT2D eigenvalue weighted by Gasteiger charge is 2.26. The van der Waals surface area contributed by atoms with Crippen LogP contribution in [-0.2, 0) is 28.8 Å². The topological polar surface area (TPSA) is 84.1 Å². The second-order valence-electron chi connectivity index (χ2n) is 6.24. The van der Waals surface area contributed by atoms with Crippen LogP contribution in [-0.4, -0.2) is 35.0 Å². The predicted octanol–water partition coefficient (Wildman–Crippen LogP) is 2.11. The molecule has 7 heteroatoms. The first-order valence-corrected chi connectivity index (χ1v) is 8.86. The smallest absolute Gasteiger partial charge is 0.328 e. The minimum absolute atomic E-state index is 0.225. The Morgan fingerprint density at radius 1 is 1.54 bits per heavy atom. The summed E-state index contributed by atoms with van der Waals surface area (Å²) in [5.41, 5.74) is 2.04. The fraction of sp³-hybridized carbons (Fsp3) is 0.471. The minimum atomic E-state index is -0.735. The quantitative estimate of drug-likeness (QED) is 0.812. The zero-order chi connectivity index (χ0) is 17.1. The van der Waals surface area contributed by atoms with E-state index in [9.17, 15) is 9.59 Å². The predicted molar refractivity (Wildman–Crippen MR) is 91.1 cm³/mol. The summed E-state index contributed by atoms with van der Waals surface area (Å²) in [7, 11) is 1.32. The van der Waals surface area contributed by atoms with Crippen molar-refractivity contribution in [2.45, 2.75) is 38.6 Å². The number of carbonyl (C=O) groups excluding carboxylic acids is 2. The molecular weight excluding hydrogens is 326 g/mol. The van der Waals surface area contributed by atoms with E-state index in [1.54, 1.807) is 12.5 Å². The number of amides is 1. The summed E-state index contributed by atoms with van der Waals surface area (Å²) in [6.07, 6.45) is 6.71. The Morgan fingerprint density at radius 3 is 3.08 bits per heavy atom. The number of carbonyl (C=O) groups is 2. The largest absolute Gasteiger partial charge is 0.467 e. The van der Waals surface area contributed by atoms with Gasteiger partial charge in [0, 0.05) is 23.2 Å². The number of methoxy groups -OCH3 is 1. The van der Waals surface area contributed by atoms with Crippen molar-refractivity contribution in [1.29, 1.82) is 0 Å². The number of esters is 1. The van der Waals surface area contributed by atoms with Gasteiger partial charge in [-0.05, 0) is 36.8 Å². The van der Waals surface area contributed by atoms with Crippen molar-refractivity contribution in [3.05, 3.63) is 39.6 Å².